The van der Waals surface area contributed by atoms with Gasteiger partial charge in [-0.15, -0.1) is 5.10 Å². The molecule has 31 heavy (non-hydrogen) atoms. The first kappa shape index (κ1) is 21.5. The molecular formula is C22H27ClN6O2. The lowest BCUT2D eigenvalue weighted by atomic mass is 9.90. The van der Waals surface area contributed by atoms with Crippen molar-refractivity contribution in [3.05, 3.63) is 51.0 Å². The van der Waals surface area contributed by atoms with Crippen LogP contribution in [0.4, 0.5) is 0 Å². The second kappa shape index (κ2) is 8.42. The number of aromatic nitrogens is 5. The lowest BCUT2D eigenvalue weighted by Gasteiger charge is -2.34. The number of benzene rings is 1. The van der Waals surface area contributed by atoms with Gasteiger partial charge in [-0.1, -0.05) is 49.7 Å². The molecule has 2 aromatic heterocycles. The molecule has 9 heteroatoms. The third-order valence-corrected chi connectivity index (χ3v) is 5.69. The van der Waals surface area contributed by atoms with E-state index in [9.17, 15) is 9.59 Å². The number of amides is 1. The molecule has 1 aromatic carbocycles. The van der Waals surface area contributed by atoms with Crippen LogP contribution in [0.3, 0.4) is 0 Å². The molecule has 0 saturated carbocycles. The minimum absolute atomic E-state index is 0.0238. The normalized spacial score (nSPS) is 17.3. The Kier molecular flexibility index (Phi) is 5.83. The van der Waals surface area contributed by atoms with Gasteiger partial charge in [0.1, 0.15) is 5.82 Å². The smallest absolute Gasteiger partial charge is 0.281 e. The second-order valence-corrected chi connectivity index (χ2v) is 9.85. The van der Waals surface area contributed by atoms with Crippen LogP contribution < -0.4 is 5.56 Å². The van der Waals surface area contributed by atoms with Crippen LogP contribution in [0.2, 0.25) is 5.02 Å². The van der Waals surface area contributed by atoms with Gasteiger partial charge in [0, 0.05) is 30.5 Å². The van der Waals surface area contributed by atoms with Crippen LogP contribution in [0.1, 0.15) is 57.3 Å². The molecule has 0 spiro atoms. The van der Waals surface area contributed by atoms with Crippen molar-refractivity contribution in [3.8, 4) is 0 Å². The van der Waals surface area contributed by atoms with Crippen molar-refractivity contribution in [1.29, 1.82) is 0 Å². The highest BCUT2D eigenvalue weighted by Crippen LogP contribution is 2.27. The van der Waals surface area contributed by atoms with Gasteiger partial charge in [0.05, 0.1) is 6.54 Å². The molecule has 0 unspecified atom stereocenters. The van der Waals surface area contributed by atoms with E-state index in [-0.39, 0.29) is 28.3 Å². The van der Waals surface area contributed by atoms with E-state index in [1.807, 2.05) is 23.1 Å². The highest BCUT2D eigenvalue weighted by atomic mass is 35.5. The molecule has 0 radical (unpaired) electrons. The van der Waals surface area contributed by atoms with E-state index >= 15 is 0 Å². The van der Waals surface area contributed by atoms with E-state index in [1.165, 1.54) is 0 Å². The number of nitrogens with zero attached hydrogens (tertiary/aromatic N) is 5. The topological polar surface area (TPSA) is 96.8 Å². The Morgan fingerprint density at radius 1 is 1.32 bits per heavy atom. The van der Waals surface area contributed by atoms with Crippen molar-refractivity contribution in [2.75, 3.05) is 13.1 Å². The SMILES string of the molecule is CC(C)(C)CC(=O)N1CCC[C@H](c2nc3c(nnn3Cc3cccc(Cl)c3)c(=O)[nH]2)C1. The minimum Gasteiger partial charge on any atom is -0.342 e. The zero-order valence-corrected chi connectivity index (χ0v) is 18.8. The van der Waals surface area contributed by atoms with E-state index in [2.05, 4.69) is 36.1 Å². The molecule has 0 aliphatic carbocycles. The van der Waals surface area contributed by atoms with Crippen molar-refractivity contribution in [1.82, 2.24) is 29.9 Å². The predicted octanol–water partition coefficient (Wildman–Crippen LogP) is 3.36. The Hall–Kier alpha value is -2.74. The Balaban J connectivity index is 1.60. The van der Waals surface area contributed by atoms with Crippen molar-refractivity contribution < 1.29 is 4.79 Å². The zero-order valence-electron chi connectivity index (χ0n) is 18.1. The number of nitrogens with one attached hydrogen (secondary N) is 1. The maximum Gasteiger partial charge on any atom is 0.281 e. The number of aromatic amines is 1. The summed E-state index contributed by atoms with van der Waals surface area (Å²) in [6.07, 6.45) is 2.24. The summed E-state index contributed by atoms with van der Waals surface area (Å²) < 4.78 is 1.62. The van der Waals surface area contributed by atoms with Gasteiger partial charge in [-0.05, 0) is 36.0 Å². The summed E-state index contributed by atoms with van der Waals surface area (Å²) in [6, 6.07) is 7.46. The highest BCUT2D eigenvalue weighted by molar-refractivity contribution is 6.30. The average molecular weight is 443 g/mol. The van der Waals surface area contributed by atoms with Gasteiger partial charge in [0.15, 0.2) is 11.2 Å². The Labute approximate surface area is 185 Å². The number of halogens is 1. The molecule has 3 heterocycles. The molecule has 4 rings (SSSR count). The minimum atomic E-state index is -0.310. The van der Waals surface area contributed by atoms with Crippen LogP contribution in [0.15, 0.2) is 29.1 Å². The van der Waals surface area contributed by atoms with Gasteiger partial charge in [0.2, 0.25) is 5.91 Å². The van der Waals surface area contributed by atoms with E-state index in [0.29, 0.717) is 36.0 Å². The fraction of sp³-hybridized carbons (Fsp3) is 0.500. The van der Waals surface area contributed by atoms with Crippen LogP contribution in [-0.2, 0) is 11.3 Å². The molecule has 1 N–H and O–H groups in total. The van der Waals surface area contributed by atoms with Crippen LogP contribution in [0.5, 0.6) is 0 Å². The predicted molar refractivity (Wildman–Crippen MR) is 119 cm³/mol. The van der Waals surface area contributed by atoms with Gasteiger partial charge < -0.3 is 9.88 Å². The van der Waals surface area contributed by atoms with E-state index in [1.54, 1.807) is 10.7 Å². The number of piperidine rings is 1. The number of carbonyl (C=O) groups excluding carboxylic acids is 1. The second-order valence-electron chi connectivity index (χ2n) is 9.42. The van der Waals surface area contributed by atoms with Crippen LogP contribution in [0.25, 0.3) is 11.2 Å². The molecule has 1 aliphatic rings. The number of rotatable bonds is 4. The first-order valence-corrected chi connectivity index (χ1v) is 10.9. The fourth-order valence-corrected chi connectivity index (χ4v) is 4.20. The summed E-state index contributed by atoms with van der Waals surface area (Å²) in [7, 11) is 0. The molecular weight excluding hydrogens is 416 g/mol. The summed E-state index contributed by atoms with van der Waals surface area (Å²) in [6.45, 7) is 7.90. The highest BCUT2D eigenvalue weighted by Gasteiger charge is 2.29. The molecule has 8 nitrogen and oxygen atoms in total. The molecule has 1 aliphatic heterocycles. The average Bonchev–Trinajstić information content (AvgIpc) is 3.10. The van der Waals surface area contributed by atoms with Crippen LogP contribution in [0, 0.1) is 5.41 Å². The molecule has 1 amide bonds. The van der Waals surface area contributed by atoms with Crippen molar-refractivity contribution in [2.45, 2.75) is 52.5 Å². The first-order valence-electron chi connectivity index (χ1n) is 10.6. The molecule has 3 aromatic rings. The monoisotopic (exact) mass is 442 g/mol. The van der Waals surface area contributed by atoms with Crippen LogP contribution in [-0.4, -0.2) is 48.9 Å². The van der Waals surface area contributed by atoms with Gasteiger partial charge in [-0.2, -0.15) is 0 Å². The summed E-state index contributed by atoms with van der Waals surface area (Å²) in [5.41, 5.74) is 1.22. The molecule has 1 saturated heterocycles. The van der Waals surface area contributed by atoms with Gasteiger partial charge >= 0.3 is 0 Å². The number of H-pyrrole nitrogens is 1. The third-order valence-electron chi connectivity index (χ3n) is 5.46. The number of fused-ring (bicyclic) bond motifs is 1. The van der Waals surface area contributed by atoms with E-state index in [4.69, 9.17) is 16.6 Å². The van der Waals surface area contributed by atoms with Crippen LogP contribution >= 0.6 is 11.6 Å². The van der Waals surface area contributed by atoms with Gasteiger partial charge in [-0.3, -0.25) is 9.59 Å². The molecule has 1 fully saturated rings. The Bertz CT molecular complexity index is 1160. The Morgan fingerprint density at radius 3 is 2.87 bits per heavy atom. The zero-order chi connectivity index (χ0) is 22.2. The van der Waals surface area contributed by atoms with Gasteiger partial charge in [-0.25, -0.2) is 9.67 Å². The molecule has 1 atom stereocenters. The molecule has 164 valence electrons. The summed E-state index contributed by atoms with van der Waals surface area (Å²) in [5, 5.41) is 8.78. The molecule has 0 bridgehead atoms. The number of likely N-dealkylation sites (tertiary alicyclic amines) is 1. The van der Waals surface area contributed by atoms with Crippen molar-refractivity contribution >= 4 is 28.7 Å². The third kappa shape index (κ3) is 4.95. The summed E-state index contributed by atoms with van der Waals surface area (Å²) in [4.78, 5) is 34.8. The maximum absolute atomic E-state index is 12.7. The van der Waals surface area contributed by atoms with E-state index in [0.717, 1.165) is 24.9 Å². The largest absolute Gasteiger partial charge is 0.342 e. The van der Waals surface area contributed by atoms with Crippen molar-refractivity contribution in [2.24, 2.45) is 5.41 Å². The van der Waals surface area contributed by atoms with Gasteiger partial charge in [0.25, 0.3) is 5.56 Å². The number of carbonyl (C=O) groups is 1. The van der Waals surface area contributed by atoms with E-state index < -0.39 is 0 Å². The first-order chi connectivity index (χ1) is 14.7. The lowest BCUT2D eigenvalue weighted by Crippen LogP contribution is -2.41. The maximum atomic E-state index is 12.7. The Morgan fingerprint density at radius 2 is 2.13 bits per heavy atom. The fourth-order valence-electron chi connectivity index (χ4n) is 3.98. The van der Waals surface area contributed by atoms with Crippen molar-refractivity contribution in [3.63, 3.8) is 0 Å². The number of hydrogen-bond acceptors (Lipinski definition) is 5. The summed E-state index contributed by atoms with van der Waals surface area (Å²) in [5.74, 6) is 0.706. The quantitative estimate of drug-likeness (QED) is 0.668. The standard InChI is InChI=1S/C22H27ClN6O2/c1-22(2,3)11-17(30)28-9-5-7-15(13-28)19-24-20-18(21(31)25-19)26-27-29(20)12-14-6-4-8-16(23)10-14/h4,6,8,10,15H,5,7,9,11-13H2,1-3H3,(H,24,25,31)/t15-/m0/s1. The summed E-state index contributed by atoms with van der Waals surface area (Å²) >= 11 is 6.09. The lowest BCUT2D eigenvalue weighted by molar-refractivity contribution is -0.134. The number of hydrogen-bond donors (Lipinski definition) is 1.